The van der Waals surface area contributed by atoms with E-state index in [-0.39, 0.29) is 0 Å². The van der Waals surface area contributed by atoms with Crippen molar-refractivity contribution in [3.63, 3.8) is 0 Å². The van der Waals surface area contributed by atoms with Crippen LogP contribution < -0.4 is 16.4 Å². The minimum absolute atomic E-state index is 0.459. The molecular formula is C9H15N5. The Hall–Kier alpha value is -1.36. The van der Waals surface area contributed by atoms with Crippen molar-refractivity contribution in [3.8, 4) is 0 Å². The van der Waals surface area contributed by atoms with Crippen molar-refractivity contribution in [2.75, 3.05) is 24.1 Å². The Morgan fingerprint density at radius 3 is 2.71 bits per heavy atom. The fraction of sp³-hybridized carbons (Fsp3) is 0.556. The van der Waals surface area contributed by atoms with Gasteiger partial charge in [0.15, 0.2) is 0 Å². The van der Waals surface area contributed by atoms with Crippen LogP contribution in [0.2, 0.25) is 0 Å². The molecule has 1 fully saturated rings. The van der Waals surface area contributed by atoms with Gasteiger partial charge in [0.05, 0.1) is 0 Å². The van der Waals surface area contributed by atoms with Gasteiger partial charge in [0, 0.05) is 6.04 Å². The molecule has 1 aliphatic heterocycles. The highest BCUT2D eigenvalue weighted by molar-refractivity contribution is 5.39. The van der Waals surface area contributed by atoms with Gasteiger partial charge in [-0.3, -0.25) is 0 Å². The van der Waals surface area contributed by atoms with Gasteiger partial charge in [-0.1, -0.05) is 0 Å². The topological polar surface area (TPSA) is 75.9 Å². The Morgan fingerprint density at radius 2 is 2.07 bits per heavy atom. The Morgan fingerprint density at radius 1 is 1.29 bits per heavy atom. The second-order valence-electron chi connectivity index (χ2n) is 3.51. The van der Waals surface area contributed by atoms with Gasteiger partial charge in [-0.05, 0) is 38.1 Å². The predicted molar refractivity (Wildman–Crippen MR) is 56.0 cm³/mol. The average molecular weight is 193 g/mol. The number of piperidine rings is 1. The summed E-state index contributed by atoms with van der Waals surface area (Å²) in [6.07, 6.45) is 2.26. The summed E-state index contributed by atoms with van der Waals surface area (Å²) >= 11 is 0. The van der Waals surface area contributed by atoms with E-state index in [9.17, 15) is 0 Å². The number of hydrogen-bond acceptors (Lipinski definition) is 5. The lowest BCUT2D eigenvalue weighted by atomic mass is 10.1. The van der Waals surface area contributed by atoms with Gasteiger partial charge in [-0.15, -0.1) is 10.2 Å². The fourth-order valence-electron chi connectivity index (χ4n) is 1.59. The van der Waals surface area contributed by atoms with Crippen LogP contribution in [-0.2, 0) is 0 Å². The molecular weight excluding hydrogens is 178 g/mol. The largest absolute Gasteiger partial charge is 0.382 e. The lowest BCUT2D eigenvalue weighted by molar-refractivity contribution is 0.478. The molecule has 0 aliphatic carbocycles. The number of aromatic nitrogens is 2. The highest BCUT2D eigenvalue weighted by Gasteiger charge is 2.12. The van der Waals surface area contributed by atoms with Crippen LogP contribution in [0.4, 0.5) is 11.6 Å². The Bertz CT molecular complexity index is 278. The summed E-state index contributed by atoms with van der Waals surface area (Å²) in [7, 11) is 0. The third-order valence-corrected chi connectivity index (χ3v) is 2.38. The van der Waals surface area contributed by atoms with Gasteiger partial charge in [0.1, 0.15) is 11.6 Å². The van der Waals surface area contributed by atoms with E-state index >= 15 is 0 Å². The van der Waals surface area contributed by atoms with Crippen molar-refractivity contribution < 1.29 is 0 Å². The van der Waals surface area contributed by atoms with Crippen LogP contribution >= 0.6 is 0 Å². The highest BCUT2D eigenvalue weighted by Crippen LogP contribution is 2.10. The first-order chi connectivity index (χ1) is 6.84. The molecule has 0 bridgehead atoms. The van der Waals surface area contributed by atoms with E-state index in [2.05, 4.69) is 20.8 Å². The number of nitrogen functional groups attached to an aromatic ring is 1. The molecule has 1 aliphatic rings. The van der Waals surface area contributed by atoms with E-state index in [4.69, 9.17) is 5.73 Å². The van der Waals surface area contributed by atoms with Gasteiger partial charge in [-0.2, -0.15) is 0 Å². The fourth-order valence-corrected chi connectivity index (χ4v) is 1.59. The van der Waals surface area contributed by atoms with E-state index in [1.165, 1.54) is 0 Å². The Labute approximate surface area is 83.1 Å². The first-order valence-electron chi connectivity index (χ1n) is 4.91. The number of nitrogens with one attached hydrogen (secondary N) is 2. The Kier molecular flexibility index (Phi) is 2.78. The van der Waals surface area contributed by atoms with E-state index in [1.54, 1.807) is 6.07 Å². The molecule has 0 atom stereocenters. The second kappa shape index (κ2) is 4.23. The van der Waals surface area contributed by atoms with Crippen molar-refractivity contribution in [1.29, 1.82) is 0 Å². The van der Waals surface area contributed by atoms with Gasteiger partial charge >= 0.3 is 0 Å². The van der Waals surface area contributed by atoms with Gasteiger partial charge < -0.3 is 16.4 Å². The molecule has 14 heavy (non-hydrogen) atoms. The van der Waals surface area contributed by atoms with E-state index in [0.29, 0.717) is 11.9 Å². The van der Waals surface area contributed by atoms with Crippen molar-refractivity contribution in [2.45, 2.75) is 18.9 Å². The summed E-state index contributed by atoms with van der Waals surface area (Å²) in [5.74, 6) is 1.27. The van der Waals surface area contributed by atoms with Crippen LogP contribution in [0.5, 0.6) is 0 Å². The molecule has 4 N–H and O–H groups in total. The van der Waals surface area contributed by atoms with Gasteiger partial charge in [0.25, 0.3) is 0 Å². The van der Waals surface area contributed by atoms with Crippen LogP contribution in [-0.4, -0.2) is 29.3 Å². The van der Waals surface area contributed by atoms with Crippen LogP contribution in [0.15, 0.2) is 12.1 Å². The van der Waals surface area contributed by atoms with E-state index in [1.807, 2.05) is 6.07 Å². The lowest BCUT2D eigenvalue weighted by Gasteiger charge is -2.23. The van der Waals surface area contributed by atoms with Crippen molar-refractivity contribution >= 4 is 11.6 Å². The summed E-state index contributed by atoms with van der Waals surface area (Å²) in [4.78, 5) is 0. The molecule has 5 nitrogen and oxygen atoms in total. The molecule has 0 unspecified atom stereocenters. The maximum Gasteiger partial charge on any atom is 0.149 e. The minimum atomic E-state index is 0.459. The number of nitrogens with two attached hydrogens (primary N) is 1. The summed E-state index contributed by atoms with van der Waals surface area (Å²) < 4.78 is 0. The number of rotatable bonds is 2. The molecule has 0 saturated carbocycles. The smallest absolute Gasteiger partial charge is 0.149 e. The molecule has 1 saturated heterocycles. The molecule has 0 spiro atoms. The van der Waals surface area contributed by atoms with Crippen molar-refractivity contribution in [3.05, 3.63) is 12.1 Å². The van der Waals surface area contributed by atoms with Crippen LogP contribution in [0.1, 0.15) is 12.8 Å². The zero-order chi connectivity index (χ0) is 9.80. The Balaban J connectivity index is 1.92. The van der Waals surface area contributed by atoms with Crippen molar-refractivity contribution in [1.82, 2.24) is 15.5 Å². The third-order valence-electron chi connectivity index (χ3n) is 2.38. The third kappa shape index (κ3) is 2.32. The first-order valence-corrected chi connectivity index (χ1v) is 4.91. The molecule has 0 aromatic carbocycles. The van der Waals surface area contributed by atoms with Gasteiger partial charge in [-0.25, -0.2) is 0 Å². The van der Waals surface area contributed by atoms with Crippen LogP contribution in [0.3, 0.4) is 0 Å². The summed E-state index contributed by atoms with van der Waals surface area (Å²) in [6.45, 7) is 2.14. The maximum atomic E-state index is 5.45. The summed E-state index contributed by atoms with van der Waals surface area (Å²) in [5.41, 5.74) is 5.45. The van der Waals surface area contributed by atoms with Gasteiger partial charge in [0.2, 0.25) is 0 Å². The zero-order valence-corrected chi connectivity index (χ0v) is 8.03. The van der Waals surface area contributed by atoms with E-state index < -0.39 is 0 Å². The minimum Gasteiger partial charge on any atom is -0.382 e. The second-order valence-corrected chi connectivity index (χ2v) is 3.51. The summed E-state index contributed by atoms with van der Waals surface area (Å²) in [5, 5.41) is 14.4. The van der Waals surface area contributed by atoms with Crippen LogP contribution in [0, 0.1) is 0 Å². The number of anilines is 2. The molecule has 5 heteroatoms. The molecule has 2 rings (SSSR count). The molecule has 1 aromatic heterocycles. The molecule has 0 radical (unpaired) electrons. The number of hydrogen-bond donors (Lipinski definition) is 3. The molecule has 2 heterocycles. The standard InChI is InChI=1S/C9H15N5/c10-8-1-2-9(14-13-8)12-7-3-5-11-6-4-7/h1-2,7,11H,3-6H2,(H2,10,13)(H,12,14). The molecule has 76 valence electrons. The predicted octanol–water partition coefficient (Wildman–Crippen LogP) is 0.223. The first kappa shape index (κ1) is 9.21. The SMILES string of the molecule is Nc1ccc(NC2CCNCC2)nn1. The zero-order valence-electron chi connectivity index (χ0n) is 8.03. The maximum absolute atomic E-state index is 5.45. The molecule has 1 aromatic rings. The van der Waals surface area contributed by atoms with Crippen LogP contribution in [0.25, 0.3) is 0 Å². The van der Waals surface area contributed by atoms with E-state index in [0.717, 1.165) is 31.7 Å². The average Bonchev–Trinajstić information content (AvgIpc) is 2.23. The molecule has 0 amide bonds. The highest BCUT2D eigenvalue weighted by atomic mass is 15.2. The quantitative estimate of drug-likeness (QED) is 0.626. The summed E-state index contributed by atoms with van der Waals surface area (Å²) in [6, 6.07) is 4.13. The van der Waals surface area contributed by atoms with Crippen molar-refractivity contribution in [2.24, 2.45) is 0 Å². The lowest BCUT2D eigenvalue weighted by Crippen LogP contribution is -2.35. The number of nitrogens with zero attached hydrogens (tertiary/aromatic N) is 2. The normalized spacial score (nSPS) is 18.0. The monoisotopic (exact) mass is 193 g/mol.